The van der Waals surface area contributed by atoms with Crippen molar-refractivity contribution in [1.82, 2.24) is 4.98 Å². The lowest BCUT2D eigenvalue weighted by Gasteiger charge is -2.13. The van der Waals surface area contributed by atoms with E-state index in [9.17, 15) is 30.7 Å². The van der Waals surface area contributed by atoms with E-state index < -0.39 is 41.5 Å². The van der Waals surface area contributed by atoms with Gasteiger partial charge in [-0.1, -0.05) is 6.07 Å². The van der Waals surface area contributed by atoms with Gasteiger partial charge in [0.1, 0.15) is 5.82 Å². The number of hydrogen-bond acceptors (Lipinski definition) is 2. The number of rotatable bonds is 2. The Bertz CT molecular complexity index is 720. The summed E-state index contributed by atoms with van der Waals surface area (Å²) in [5.74, 6) is -1.58. The molecule has 0 atom stereocenters. The molecule has 0 unspecified atom stereocenters. The van der Waals surface area contributed by atoms with Crippen molar-refractivity contribution >= 4 is 0 Å². The van der Waals surface area contributed by atoms with Gasteiger partial charge in [0.05, 0.1) is 16.8 Å². The van der Waals surface area contributed by atoms with Gasteiger partial charge in [0.25, 0.3) is 0 Å². The van der Waals surface area contributed by atoms with Crippen molar-refractivity contribution in [2.24, 2.45) is 5.73 Å². The summed E-state index contributed by atoms with van der Waals surface area (Å²) in [5.41, 5.74) is 1.84. The van der Waals surface area contributed by atoms with E-state index in [4.69, 9.17) is 5.73 Å². The Kier molecular flexibility index (Phi) is 4.34. The number of halogens is 7. The van der Waals surface area contributed by atoms with Gasteiger partial charge in [-0.15, -0.1) is 0 Å². The molecule has 0 radical (unpaired) electrons. The SMILES string of the molecule is NCc1ncc(-c2ccc(C(F)(F)F)c(F)c2)cc1C(F)(F)F. The molecule has 124 valence electrons. The van der Waals surface area contributed by atoms with E-state index in [2.05, 4.69) is 4.98 Å². The molecule has 0 saturated heterocycles. The van der Waals surface area contributed by atoms with Crippen molar-refractivity contribution in [3.8, 4) is 11.1 Å². The minimum Gasteiger partial charge on any atom is -0.325 e. The maximum Gasteiger partial charge on any atom is 0.419 e. The molecule has 0 fully saturated rings. The lowest BCUT2D eigenvalue weighted by Crippen LogP contribution is -2.14. The summed E-state index contributed by atoms with van der Waals surface area (Å²) in [6.45, 7) is -0.462. The zero-order chi connectivity index (χ0) is 17.4. The van der Waals surface area contributed by atoms with Crippen LogP contribution in [0, 0.1) is 5.82 Å². The molecule has 2 N–H and O–H groups in total. The van der Waals surface area contributed by atoms with Crippen LogP contribution in [0.4, 0.5) is 30.7 Å². The van der Waals surface area contributed by atoms with Crippen LogP contribution in [-0.4, -0.2) is 4.98 Å². The molecule has 0 aliphatic rings. The Balaban J connectivity index is 2.53. The molecule has 1 aromatic heterocycles. The van der Waals surface area contributed by atoms with Crippen molar-refractivity contribution in [2.75, 3.05) is 0 Å². The van der Waals surface area contributed by atoms with E-state index in [0.29, 0.717) is 18.2 Å². The highest BCUT2D eigenvalue weighted by Crippen LogP contribution is 2.36. The van der Waals surface area contributed by atoms with Crippen molar-refractivity contribution in [1.29, 1.82) is 0 Å². The molecule has 9 heteroatoms. The molecule has 0 bridgehead atoms. The number of alkyl halides is 6. The van der Waals surface area contributed by atoms with Crippen LogP contribution >= 0.6 is 0 Å². The summed E-state index contributed by atoms with van der Waals surface area (Å²) in [6, 6.07) is 2.54. The number of hydrogen-bond donors (Lipinski definition) is 1. The first-order valence-corrected chi connectivity index (χ1v) is 6.17. The highest BCUT2D eigenvalue weighted by molar-refractivity contribution is 5.64. The van der Waals surface area contributed by atoms with Gasteiger partial charge in [-0.05, 0) is 23.8 Å². The molecule has 0 aliphatic heterocycles. The second-order valence-corrected chi connectivity index (χ2v) is 4.61. The van der Waals surface area contributed by atoms with E-state index in [1.54, 1.807) is 0 Å². The molecule has 0 amide bonds. The zero-order valence-electron chi connectivity index (χ0n) is 11.3. The highest BCUT2D eigenvalue weighted by atomic mass is 19.4. The fourth-order valence-electron chi connectivity index (χ4n) is 1.98. The third kappa shape index (κ3) is 3.61. The first-order valence-electron chi connectivity index (χ1n) is 6.17. The molecule has 1 aromatic carbocycles. The summed E-state index contributed by atoms with van der Waals surface area (Å²) in [6.07, 6.45) is -8.62. The van der Waals surface area contributed by atoms with E-state index in [-0.39, 0.29) is 11.1 Å². The lowest BCUT2D eigenvalue weighted by atomic mass is 10.0. The highest BCUT2D eigenvalue weighted by Gasteiger charge is 2.35. The van der Waals surface area contributed by atoms with E-state index in [1.807, 2.05) is 0 Å². The predicted molar refractivity (Wildman–Crippen MR) is 67.5 cm³/mol. The molecule has 0 spiro atoms. The minimum absolute atomic E-state index is 0.155. The van der Waals surface area contributed by atoms with E-state index >= 15 is 0 Å². The van der Waals surface area contributed by atoms with Gasteiger partial charge in [-0.3, -0.25) is 4.98 Å². The molecule has 2 rings (SSSR count). The lowest BCUT2D eigenvalue weighted by molar-refractivity contribution is -0.140. The van der Waals surface area contributed by atoms with Crippen LogP contribution in [0.15, 0.2) is 30.5 Å². The average Bonchev–Trinajstić information content (AvgIpc) is 2.44. The largest absolute Gasteiger partial charge is 0.419 e. The van der Waals surface area contributed by atoms with Gasteiger partial charge in [0.2, 0.25) is 0 Å². The van der Waals surface area contributed by atoms with E-state index in [1.165, 1.54) is 0 Å². The summed E-state index contributed by atoms with van der Waals surface area (Å²) in [4.78, 5) is 3.55. The normalized spacial score (nSPS) is 12.5. The number of pyridine rings is 1. The summed E-state index contributed by atoms with van der Waals surface area (Å²) >= 11 is 0. The van der Waals surface area contributed by atoms with Gasteiger partial charge >= 0.3 is 12.4 Å². The second-order valence-electron chi connectivity index (χ2n) is 4.61. The maximum atomic E-state index is 13.5. The van der Waals surface area contributed by atoms with Crippen LogP contribution in [-0.2, 0) is 18.9 Å². The molecule has 2 nitrogen and oxygen atoms in total. The number of nitrogens with zero attached hydrogens (tertiary/aromatic N) is 1. The van der Waals surface area contributed by atoms with E-state index in [0.717, 1.165) is 12.3 Å². The quantitative estimate of drug-likeness (QED) is 0.825. The molecular weight excluding hydrogens is 329 g/mol. The topological polar surface area (TPSA) is 38.9 Å². The van der Waals surface area contributed by atoms with Gasteiger partial charge in [0, 0.05) is 18.3 Å². The Hall–Kier alpha value is -2.16. The van der Waals surface area contributed by atoms with Crippen molar-refractivity contribution in [2.45, 2.75) is 18.9 Å². The third-order valence-corrected chi connectivity index (χ3v) is 3.08. The first-order chi connectivity index (χ1) is 10.5. The summed E-state index contributed by atoms with van der Waals surface area (Å²) in [5, 5.41) is 0. The average molecular weight is 338 g/mol. The predicted octanol–water partition coefficient (Wildman–Crippen LogP) is 4.38. The molecule has 2 aromatic rings. The third-order valence-electron chi connectivity index (χ3n) is 3.08. The Morgan fingerprint density at radius 1 is 0.870 bits per heavy atom. The van der Waals surface area contributed by atoms with Gasteiger partial charge < -0.3 is 5.73 Å². The maximum absolute atomic E-state index is 13.5. The van der Waals surface area contributed by atoms with Crippen molar-refractivity contribution < 1.29 is 30.7 Å². The molecular formula is C14H9F7N2. The first kappa shape index (κ1) is 17.2. The molecule has 1 heterocycles. The Labute approximate surface area is 125 Å². The number of benzene rings is 1. The van der Waals surface area contributed by atoms with Crippen LogP contribution in [0.1, 0.15) is 16.8 Å². The van der Waals surface area contributed by atoms with Gasteiger partial charge in [-0.25, -0.2) is 4.39 Å². The second kappa shape index (κ2) is 5.80. The van der Waals surface area contributed by atoms with Crippen LogP contribution in [0.5, 0.6) is 0 Å². The molecule has 0 saturated carbocycles. The fraction of sp³-hybridized carbons (Fsp3) is 0.214. The van der Waals surface area contributed by atoms with Gasteiger partial charge in [-0.2, -0.15) is 26.3 Å². The van der Waals surface area contributed by atoms with Crippen LogP contribution in [0.3, 0.4) is 0 Å². The monoisotopic (exact) mass is 338 g/mol. The van der Waals surface area contributed by atoms with Crippen LogP contribution < -0.4 is 5.73 Å². The number of nitrogens with two attached hydrogens (primary N) is 1. The minimum atomic E-state index is -4.89. The summed E-state index contributed by atoms with van der Waals surface area (Å²) in [7, 11) is 0. The summed E-state index contributed by atoms with van der Waals surface area (Å²) < 4.78 is 89.7. The van der Waals surface area contributed by atoms with Crippen molar-refractivity contribution in [3.63, 3.8) is 0 Å². The molecule has 23 heavy (non-hydrogen) atoms. The zero-order valence-corrected chi connectivity index (χ0v) is 11.3. The van der Waals surface area contributed by atoms with Gasteiger partial charge in [0.15, 0.2) is 0 Å². The van der Waals surface area contributed by atoms with Crippen LogP contribution in [0.2, 0.25) is 0 Å². The smallest absolute Gasteiger partial charge is 0.325 e. The molecule has 0 aliphatic carbocycles. The Morgan fingerprint density at radius 3 is 1.96 bits per heavy atom. The van der Waals surface area contributed by atoms with Crippen LogP contribution in [0.25, 0.3) is 11.1 Å². The Morgan fingerprint density at radius 2 is 1.48 bits per heavy atom. The standard InChI is InChI=1S/C14H9F7N2/c15-11-4-7(1-2-9(11)13(16,17)18)8-3-10(14(19,20)21)12(5-22)23-6-8/h1-4,6H,5,22H2. The van der Waals surface area contributed by atoms with Crippen molar-refractivity contribution in [3.05, 3.63) is 53.1 Å². The fourth-order valence-corrected chi connectivity index (χ4v) is 1.98. The number of aromatic nitrogens is 1.